The van der Waals surface area contributed by atoms with E-state index in [1.165, 1.54) is 0 Å². The van der Waals surface area contributed by atoms with Gasteiger partial charge in [-0.05, 0) is 12.8 Å². The standard InChI is InChI=1S/C16H34O3Si/c1-9-13(17)12(2)14-10-11-18-20(19-14,15(3,4)5)16(6,7)8/h12-14,17H,9-11H2,1-8H3/t12-,13-,14-/m1/s1. The van der Waals surface area contributed by atoms with E-state index < -0.39 is 8.56 Å². The predicted molar refractivity (Wildman–Crippen MR) is 86.1 cm³/mol. The van der Waals surface area contributed by atoms with Crippen LogP contribution in [0.3, 0.4) is 0 Å². The van der Waals surface area contributed by atoms with Crippen molar-refractivity contribution >= 4 is 8.56 Å². The second-order valence-corrected chi connectivity index (χ2v) is 13.0. The van der Waals surface area contributed by atoms with E-state index in [-0.39, 0.29) is 28.2 Å². The summed E-state index contributed by atoms with van der Waals surface area (Å²) in [5, 5.41) is 10.2. The van der Waals surface area contributed by atoms with Crippen molar-refractivity contribution in [2.75, 3.05) is 6.61 Å². The number of rotatable bonds is 3. The van der Waals surface area contributed by atoms with E-state index in [1.54, 1.807) is 0 Å². The molecule has 1 heterocycles. The molecule has 3 nitrogen and oxygen atoms in total. The first kappa shape index (κ1) is 18.1. The fourth-order valence-corrected chi connectivity index (χ4v) is 8.58. The highest BCUT2D eigenvalue weighted by molar-refractivity contribution is 6.73. The van der Waals surface area contributed by atoms with Crippen molar-refractivity contribution in [3.05, 3.63) is 0 Å². The molecule has 0 unspecified atom stereocenters. The minimum Gasteiger partial charge on any atom is -0.394 e. The average molecular weight is 303 g/mol. The third-order valence-electron chi connectivity index (χ3n) is 4.61. The van der Waals surface area contributed by atoms with Crippen molar-refractivity contribution in [1.82, 2.24) is 0 Å². The molecule has 120 valence electrons. The van der Waals surface area contributed by atoms with E-state index in [1.807, 2.05) is 6.92 Å². The molecule has 1 aliphatic rings. The van der Waals surface area contributed by atoms with Crippen LogP contribution >= 0.6 is 0 Å². The van der Waals surface area contributed by atoms with E-state index >= 15 is 0 Å². The molecular weight excluding hydrogens is 268 g/mol. The number of aliphatic hydroxyl groups is 1. The summed E-state index contributed by atoms with van der Waals surface area (Å²) in [5.41, 5.74) is 0. The monoisotopic (exact) mass is 302 g/mol. The van der Waals surface area contributed by atoms with Crippen LogP contribution in [0.2, 0.25) is 10.1 Å². The van der Waals surface area contributed by atoms with Gasteiger partial charge in [-0.15, -0.1) is 0 Å². The largest absolute Gasteiger partial charge is 0.394 e. The number of hydrogen-bond donors (Lipinski definition) is 1. The fraction of sp³-hybridized carbons (Fsp3) is 1.00. The zero-order valence-corrected chi connectivity index (χ0v) is 15.6. The van der Waals surface area contributed by atoms with Crippen molar-refractivity contribution < 1.29 is 14.0 Å². The molecule has 0 aliphatic carbocycles. The van der Waals surface area contributed by atoms with Crippen LogP contribution in [0.1, 0.15) is 68.2 Å². The summed E-state index contributed by atoms with van der Waals surface area (Å²) in [4.78, 5) is 0. The Hall–Kier alpha value is 0.0969. The van der Waals surface area contributed by atoms with Gasteiger partial charge in [-0.1, -0.05) is 55.4 Å². The highest BCUT2D eigenvalue weighted by Gasteiger charge is 2.60. The summed E-state index contributed by atoms with van der Waals surface area (Å²) in [7, 11) is -2.38. The van der Waals surface area contributed by atoms with Crippen LogP contribution < -0.4 is 0 Å². The molecule has 0 radical (unpaired) electrons. The van der Waals surface area contributed by atoms with Gasteiger partial charge in [0.2, 0.25) is 0 Å². The third-order valence-corrected chi connectivity index (χ3v) is 9.81. The second-order valence-electron chi connectivity index (χ2n) is 8.24. The lowest BCUT2D eigenvalue weighted by atomic mass is 9.94. The van der Waals surface area contributed by atoms with Gasteiger partial charge in [0, 0.05) is 22.6 Å². The Kier molecular flexibility index (Phi) is 5.51. The Balaban J connectivity index is 3.05. The molecule has 0 aromatic heterocycles. The summed E-state index contributed by atoms with van der Waals surface area (Å²) in [6.07, 6.45) is 1.49. The Morgan fingerprint density at radius 2 is 1.65 bits per heavy atom. The predicted octanol–water partition coefficient (Wildman–Crippen LogP) is 4.24. The molecular formula is C16H34O3Si. The lowest BCUT2D eigenvalue weighted by Crippen LogP contribution is -2.62. The van der Waals surface area contributed by atoms with Gasteiger partial charge < -0.3 is 14.0 Å². The Bertz CT molecular complexity index is 303. The first-order valence-electron chi connectivity index (χ1n) is 7.96. The molecule has 0 aromatic rings. The summed E-state index contributed by atoms with van der Waals surface area (Å²) < 4.78 is 13.0. The van der Waals surface area contributed by atoms with Crippen molar-refractivity contribution in [2.24, 2.45) is 5.92 Å². The van der Waals surface area contributed by atoms with E-state index in [4.69, 9.17) is 8.85 Å². The number of hydrogen-bond acceptors (Lipinski definition) is 3. The van der Waals surface area contributed by atoms with Gasteiger partial charge in [-0.25, -0.2) is 0 Å². The van der Waals surface area contributed by atoms with Crippen LogP contribution in [-0.2, 0) is 8.85 Å². The lowest BCUT2D eigenvalue weighted by molar-refractivity contribution is -0.0400. The molecule has 3 atom stereocenters. The normalized spacial score (nSPS) is 27.1. The summed E-state index contributed by atoms with van der Waals surface area (Å²) in [5.74, 6) is 0.167. The molecule has 20 heavy (non-hydrogen) atoms. The average Bonchev–Trinajstić information content (AvgIpc) is 2.34. The molecule has 4 heteroatoms. The maximum absolute atomic E-state index is 10.1. The smallest absolute Gasteiger partial charge is 0.349 e. The van der Waals surface area contributed by atoms with Crippen molar-refractivity contribution in [1.29, 1.82) is 0 Å². The van der Waals surface area contributed by atoms with Crippen molar-refractivity contribution in [3.63, 3.8) is 0 Å². The van der Waals surface area contributed by atoms with Crippen LogP contribution in [0.25, 0.3) is 0 Å². The molecule has 1 N–H and O–H groups in total. The van der Waals surface area contributed by atoms with E-state index in [9.17, 15) is 5.11 Å². The molecule has 1 fully saturated rings. The minimum atomic E-state index is -2.38. The molecule has 0 aromatic carbocycles. The summed E-state index contributed by atoms with van der Waals surface area (Å²) in [6.45, 7) is 18.3. The van der Waals surface area contributed by atoms with Gasteiger partial charge in [0.05, 0.1) is 12.2 Å². The highest BCUT2D eigenvalue weighted by atomic mass is 28.4. The lowest BCUT2D eigenvalue weighted by Gasteiger charge is -2.54. The van der Waals surface area contributed by atoms with Crippen LogP contribution in [0, 0.1) is 5.92 Å². The highest BCUT2D eigenvalue weighted by Crippen LogP contribution is 2.54. The van der Waals surface area contributed by atoms with Gasteiger partial charge in [0.15, 0.2) is 0 Å². The van der Waals surface area contributed by atoms with E-state index in [0.29, 0.717) is 0 Å². The Labute approximate surface area is 126 Å². The third kappa shape index (κ3) is 3.29. The maximum atomic E-state index is 10.1. The summed E-state index contributed by atoms with van der Waals surface area (Å²) in [6, 6.07) is 0. The maximum Gasteiger partial charge on any atom is 0.349 e. The van der Waals surface area contributed by atoms with Crippen LogP contribution in [0.15, 0.2) is 0 Å². The molecule has 1 rings (SSSR count). The van der Waals surface area contributed by atoms with Crippen LogP contribution in [-0.4, -0.2) is 32.5 Å². The first-order valence-corrected chi connectivity index (χ1v) is 9.77. The zero-order valence-electron chi connectivity index (χ0n) is 14.6. The molecule has 1 aliphatic heterocycles. The number of aliphatic hydroxyl groups excluding tert-OH is 1. The van der Waals surface area contributed by atoms with Gasteiger partial charge in [0.25, 0.3) is 0 Å². The van der Waals surface area contributed by atoms with Gasteiger partial charge in [0.1, 0.15) is 0 Å². The quantitative estimate of drug-likeness (QED) is 0.792. The van der Waals surface area contributed by atoms with Gasteiger partial charge in [-0.2, -0.15) is 0 Å². The Morgan fingerprint density at radius 3 is 2.05 bits per heavy atom. The van der Waals surface area contributed by atoms with Crippen LogP contribution in [0.4, 0.5) is 0 Å². The fourth-order valence-electron chi connectivity index (χ4n) is 3.53. The SMILES string of the molecule is CC[C@@H](O)[C@@H](C)[C@H]1CCO[Si](C(C)(C)C)(C(C)(C)C)O1. The molecule has 0 bridgehead atoms. The second kappa shape index (κ2) is 6.07. The first-order chi connectivity index (χ1) is 8.96. The minimum absolute atomic E-state index is 0.0147. The molecule has 0 saturated carbocycles. The van der Waals surface area contributed by atoms with Gasteiger partial charge in [-0.3, -0.25) is 0 Å². The summed E-state index contributed by atoms with van der Waals surface area (Å²) >= 11 is 0. The van der Waals surface area contributed by atoms with E-state index in [2.05, 4.69) is 48.5 Å². The van der Waals surface area contributed by atoms with E-state index in [0.717, 1.165) is 19.4 Å². The molecule has 0 amide bonds. The van der Waals surface area contributed by atoms with Crippen LogP contribution in [0.5, 0.6) is 0 Å². The molecule has 1 saturated heterocycles. The molecule has 0 spiro atoms. The van der Waals surface area contributed by atoms with Crippen molar-refractivity contribution in [3.8, 4) is 0 Å². The van der Waals surface area contributed by atoms with Gasteiger partial charge >= 0.3 is 8.56 Å². The Morgan fingerprint density at radius 1 is 1.15 bits per heavy atom. The zero-order chi connectivity index (χ0) is 15.8. The van der Waals surface area contributed by atoms with Crippen molar-refractivity contribution in [2.45, 2.75) is 90.5 Å². The topological polar surface area (TPSA) is 38.7 Å².